The highest BCUT2D eigenvalue weighted by Gasteiger charge is 2.13. The molecule has 0 fully saturated rings. The third-order valence-corrected chi connectivity index (χ3v) is 3.88. The van der Waals surface area contributed by atoms with E-state index < -0.39 is 0 Å². The van der Waals surface area contributed by atoms with E-state index in [4.69, 9.17) is 11.6 Å². The molecule has 1 rings (SSSR count). The van der Waals surface area contributed by atoms with Crippen molar-refractivity contribution in [3.63, 3.8) is 0 Å². The second-order valence-corrected chi connectivity index (χ2v) is 5.11. The lowest BCUT2D eigenvalue weighted by atomic mass is 10.0. The first-order valence-corrected chi connectivity index (χ1v) is 7.46. The Bertz CT molecular complexity index is 362. The van der Waals surface area contributed by atoms with Crippen molar-refractivity contribution < 1.29 is 0 Å². The molecule has 2 nitrogen and oxygen atoms in total. The van der Waals surface area contributed by atoms with Crippen LogP contribution in [0.5, 0.6) is 0 Å². The zero-order valence-electron chi connectivity index (χ0n) is 12.0. The molecule has 0 atom stereocenters. The molecule has 0 amide bonds. The fraction of sp³-hybridized carbons (Fsp3) is 0.667. The maximum Gasteiger partial charge on any atom is 0.131 e. The number of nitrogens with zero attached hydrogens (tertiary/aromatic N) is 2. The molecule has 3 heteroatoms. The van der Waals surface area contributed by atoms with Gasteiger partial charge in [-0.1, -0.05) is 26.7 Å². The maximum absolute atomic E-state index is 5.84. The number of alkyl halides is 1. The smallest absolute Gasteiger partial charge is 0.131 e. The molecule has 1 aromatic heterocycles. The van der Waals surface area contributed by atoms with Crippen molar-refractivity contribution in [2.75, 3.05) is 18.0 Å². The van der Waals surface area contributed by atoms with Crippen LogP contribution < -0.4 is 4.90 Å². The fourth-order valence-corrected chi connectivity index (χ4v) is 2.40. The Morgan fingerprint density at radius 3 is 2.39 bits per heavy atom. The zero-order valence-corrected chi connectivity index (χ0v) is 12.8. The summed E-state index contributed by atoms with van der Waals surface area (Å²) in [5.74, 6) is 2.39. The van der Waals surface area contributed by atoms with E-state index in [0.717, 1.165) is 30.4 Å². The van der Waals surface area contributed by atoms with Crippen molar-refractivity contribution in [1.29, 1.82) is 0 Å². The SMILES string of the molecule is CCC(CC)CN(CC)c1ncc(CCl)cc1C. The third kappa shape index (κ3) is 3.88. The fourth-order valence-electron chi connectivity index (χ4n) is 2.25. The predicted octanol–water partition coefficient (Wildman–Crippen LogP) is 4.39. The molecule has 1 heterocycles. The Morgan fingerprint density at radius 1 is 1.28 bits per heavy atom. The van der Waals surface area contributed by atoms with E-state index in [1.165, 1.54) is 18.4 Å². The number of hydrogen-bond donors (Lipinski definition) is 0. The van der Waals surface area contributed by atoms with Gasteiger partial charge in [-0.2, -0.15) is 0 Å². The van der Waals surface area contributed by atoms with Gasteiger partial charge in [0.15, 0.2) is 0 Å². The molecule has 0 aliphatic carbocycles. The molecule has 0 N–H and O–H groups in total. The average molecular weight is 269 g/mol. The summed E-state index contributed by atoms with van der Waals surface area (Å²) >= 11 is 5.84. The van der Waals surface area contributed by atoms with Crippen LogP contribution in [0.2, 0.25) is 0 Å². The molecule has 0 radical (unpaired) electrons. The van der Waals surface area contributed by atoms with Crippen LogP contribution >= 0.6 is 11.6 Å². The minimum absolute atomic E-state index is 0.535. The van der Waals surface area contributed by atoms with Gasteiger partial charge in [0.05, 0.1) is 0 Å². The van der Waals surface area contributed by atoms with Crippen LogP contribution in [0.1, 0.15) is 44.7 Å². The first-order chi connectivity index (χ1) is 8.65. The number of anilines is 1. The number of aryl methyl sites for hydroxylation is 1. The van der Waals surface area contributed by atoms with Gasteiger partial charge >= 0.3 is 0 Å². The Morgan fingerprint density at radius 2 is 1.94 bits per heavy atom. The lowest BCUT2D eigenvalue weighted by Gasteiger charge is -2.27. The van der Waals surface area contributed by atoms with Crippen LogP contribution in [0.15, 0.2) is 12.3 Å². The highest BCUT2D eigenvalue weighted by molar-refractivity contribution is 6.17. The number of rotatable bonds is 7. The minimum Gasteiger partial charge on any atom is -0.356 e. The molecule has 0 aliphatic rings. The van der Waals surface area contributed by atoms with Gasteiger partial charge in [-0.25, -0.2) is 4.98 Å². The number of halogens is 1. The largest absolute Gasteiger partial charge is 0.356 e. The molecular weight excluding hydrogens is 244 g/mol. The van der Waals surface area contributed by atoms with E-state index in [1.54, 1.807) is 0 Å². The molecule has 0 saturated carbocycles. The molecule has 1 aromatic rings. The summed E-state index contributed by atoms with van der Waals surface area (Å²) in [4.78, 5) is 6.96. The average Bonchev–Trinajstić information content (AvgIpc) is 2.41. The number of hydrogen-bond acceptors (Lipinski definition) is 2. The van der Waals surface area contributed by atoms with Crippen LogP contribution in [0.25, 0.3) is 0 Å². The second kappa shape index (κ2) is 7.63. The van der Waals surface area contributed by atoms with E-state index in [0.29, 0.717) is 5.88 Å². The van der Waals surface area contributed by atoms with Gasteiger partial charge in [0.1, 0.15) is 5.82 Å². The van der Waals surface area contributed by atoms with Crippen LogP contribution in [0.4, 0.5) is 5.82 Å². The first kappa shape index (κ1) is 15.3. The molecule has 0 saturated heterocycles. The molecule has 18 heavy (non-hydrogen) atoms. The van der Waals surface area contributed by atoms with Crippen LogP contribution in [-0.4, -0.2) is 18.1 Å². The molecule has 0 aliphatic heterocycles. The third-order valence-electron chi connectivity index (χ3n) is 3.58. The molecule has 0 bridgehead atoms. The monoisotopic (exact) mass is 268 g/mol. The van der Waals surface area contributed by atoms with Crippen molar-refractivity contribution in [3.05, 3.63) is 23.4 Å². The first-order valence-electron chi connectivity index (χ1n) is 6.92. The summed E-state index contributed by atoms with van der Waals surface area (Å²) in [7, 11) is 0. The lowest BCUT2D eigenvalue weighted by Crippen LogP contribution is -2.30. The number of pyridine rings is 1. The zero-order chi connectivity index (χ0) is 13.5. The summed E-state index contributed by atoms with van der Waals surface area (Å²) in [6.45, 7) is 10.9. The Labute approximate surface area is 116 Å². The van der Waals surface area contributed by atoms with Crippen molar-refractivity contribution in [2.45, 2.75) is 46.4 Å². The Kier molecular flexibility index (Phi) is 6.48. The van der Waals surface area contributed by atoms with Gasteiger partial charge in [0, 0.05) is 25.2 Å². The van der Waals surface area contributed by atoms with E-state index in [1.807, 2.05) is 6.20 Å². The summed E-state index contributed by atoms with van der Waals surface area (Å²) < 4.78 is 0. The van der Waals surface area contributed by atoms with Gasteiger partial charge < -0.3 is 4.90 Å². The highest BCUT2D eigenvalue weighted by Crippen LogP contribution is 2.21. The van der Waals surface area contributed by atoms with Gasteiger partial charge in [0.2, 0.25) is 0 Å². The van der Waals surface area contributed by atoms with Gasteiger partial charge in [-0.3, -0.25) is 0 Å². The standard InChI is InChI=1S/C15H25ClN2/c1-5-13(6-2)11-18(7-3)15-12(4)8-14(9-16)10-17-15/h8,10,13H,5-7,9,11H2,1-4H3. The van der Waals surface area contributed by atoms with E-state index in [9.17, 15) is 0 Å². The van der Waals surface area contributed by atoms with Crippen molar-refractivity contribution in [2.24, 2.45) is 5.92 Å². The summed E-state index contributed by atoms with van der Waals surface area (Å²) in [6.07, 6.45) is 4.35. The molecule has 0 unspecified atom stereocenters. The predicted molar refractivity (Wildman–Crippen MR) is 80.5 cm³/mol. The minimum atomic E-state index is 0.535. The highest BCUT2D eigenvalue weighted by atomic mass is 35.5. The van der Waals surface area contributed by atoms with Crippen LogP contribution in [-0.2, 0) is 5.88 Å². The van der Waals surface area contributed by atoms with E-state index in [-0.39, 0.29) is 0 Å². The normalized spacial score (nSPS) is 11.0. The summed E-state index contributed by atoms with van der Waals surface area (Å²) in [5, 5.41) is 0. The molecular formula is C15H25ClN2. The van der Waals surface area contributed by atoms with Crippen molar-refractivity contribution in [1.82, 2.24) is 4.98 Å². The van der Waals surface area contributed by atoms with Crippen LogP contribution in [0.3, 0.4) is 0 Å². The lowest BCUT2D eigenvalue weighted by molar-refractivity contribution is 0.484. The quantitative estimate of drug-likeness (QED) is 0.682. The van der Waals surface area contributed by atoms with Crippen LogP contribution in [0, 0.1) is 12.8 Å². The number of aromatic nitrogens is 1. The summed E-state index contributed by atoms with van der Waals surface area (Å²) in [5.41, 5.74) is 2.32. The Hall–Kier alpha value is -0.760. The maximum atomic E-state index is 5.84. The van der Waals surface area contributed by atoms with Gasteiger partial charge in [-0.05, 0) is 37.0 Å². The molecule has 0 spiro atoms. The second-order valence-electron chi connectivity index (χ2n) is 4.84. The molecule has 102 valence electrons. The van der Waals surface area contributed by atoms with E-state index >= 15 is 0 Å². The Balaban J connectivity index is 2.87. The van der Waals surface area contributed by atoms with Crippen molar-refractivity contribution in [3.8, 4) is 0 Å². The van der Waals surface area contributed by atoms with Gasteiger partial charge in [-0.15, -0.1) is 11.6 Å². The van der Waals surface area contributed by atoms with Gasteiger partial charge in [0.25, 0.3) is 0 Å². The van der Waals surface area contributed by atoms with E-state index in [2.05, 4.69) is 43.6 Å². The topological polar surface area (TPSA) is 16.1 Å². The summed E-state index contributed by atoms with van der Waals surface area (Å²) in [6, 6.07) is 2.14. The van der Waals surface area contributed by atoms with Crippen molar-refractivity contribution >= 4 is 17.4 Å². The molecule has 0 aromatic carbocycles.